The summed E-state index contributed by atoms with van der Waals surface area (Å²) in [7, 11) is 0. The van der Waals surface area contributed by atoms with Crippen LogP contribution in [0.15, 0.2) is 24.3 Å². The van der Waals surface area contributed by atoms with Crippen molar-refractivity contribution < 1.29 is 4.74 Å². The van der Waals surface area contributed by atoms with Gasteiger partial charge in [-0.3, -0.25) is 0 Å². The van der Waals surface area contributed by atoms with E-state index in [1.54, 1.807) is 0 Å². The maximum Gasteiger partial charge on any atom is 0.123 e. The molecule has 1 aliphatic carbocycles. The third-order valence-electron chi connectivity index (χ3n) is 3.58. The first kappa shape index (κ1) is 12.9. The van der Waals surface area contributed by atoms with Gasteiger partial charge in [-0.05, 0) is 44.6 Å². The molecule has 2 rings (SSSR count). The fraction of sp³-hybridized carbons (Fsp3) is 0.600. The Hall–Kier alpha value is -0.500. The van der Waals surface area contributed by atoms with Crippen LogP contribution in [0.25, 0.3) is 0 Å². The minimum Gasteiger partial charge on any atom is -0.491 e. The zero-order chi connectivity index (χ0) is 12.5. The van der Waals surface area contributed by atoms with E-state index in [1.807, 2.05) is 0 Å². The summed E-state index contributed by atoms with van der Waals surface area (Å²) < 4.78 is 5.94. The van der Waals surface area contributed by atoms with Crippen LogP contribution in [-0.2, 0) is 5.41 Å². The van der Waals surface area contributed by atoms with Crippen LogP contribution in [0.1, 0.15) is 45.6 Å². The predicted octanol–water partition coefficient (Wildman–Crippen LogP) is 4.68. The van der Waals surface area contributed by atoms with Crippen molar-refractivity contribution in [3.05, 3.63) is 29.8 Å². The second-order valence-electron chi connectivity index (χ2n) is 5.56. The summed E-state index contributed by atoms with van der Waals surface area (Å²) in [4.78, 5) is 0.652. The first-order chi connectivity index (χ1) is 8.01. The number of hydrogen-bond donors (Lipinski definition) is 0. The van der Waals surface area contributed by atoms with E-state index in [4.69, 9.17) is 4.74 Å². The number of ether oxygens (including phenoxy) is 1. The quantitative estimate of drug-likeness (QED) is 0.736. The van der Waals surface area contributed by atoms with Gasteiger partial charge in [-0.25, -0.2) is 0 Å². The van der Waals surface area contributed by atoms with Gasteiger partial charge in [0.05, 0.1) is 6.10 Å². The minimum absolute atomic E-state index is 0.237. The molecule has 2 atom stereocenters. The van der Waals surface area contributed by atoms with Gasteiger partial charge in [0.15, 0.2) is 0 Å². The molecule has 17 heavy (non-hydrogen) atoms. The Bertz CT molecular complexity index is 388. The molecular formula is C15H21BrO. The van der Waals surface area contributed by atoms with Crippen LogP contribution in [-0.4, -0.2) is 10.9 Å². The van der Waals surface area contributed by atoms with Crippen molar-refractivity contribution in [3.63, 3.8) is 0 Å². The Morgan fingerprint density at radius 3 is 2.65 bits per heavy atom. The molecule has 0 saturated heterocycles. The van der Waals surface area contributed by atoms with Crippen LogP contribution >= 0.6 is 15.9 Å². The van der Waals surface area contributed by atoms with Gasteiger partial charge in [0.25, 0.3) is 0 Å². The van der Waals surface area contributed by atoms with Crippen LogP contribution in [0.3, 0.4) is 0 Å². The lowest BCUT2D eigenvalue weighted by atomic mass is 9.80. The van der Waals surface area contributed by atoms with Gasteiger partial charge in [-0.1, -0.05) is 41.1 Å². The molecule has 1 aliphatic rings. The van der Waals surface area contributed by atoms with E-state index in [0.29, 0.717) is 4.83 Å². The molecule has 0 amide bonds. The highest BCUT2D eigenvalue weighted by atomic mass is 79.9. The summed E-state index contributed by atoms with van der Waals surface area (Å²) in [6.45, 7) is 6.53. The normalized spacial score (nSPS) is 28.6. The molecule has 1 aromatic carbocycles. The average molecular weight is 297 g/mol. The van der Waals surface area contributed by atoms with Crippen molar-refractivity contribution in [3.8, 4) is 5.75 Å². The molecule has 1 saturated carbocycles. The summed E-state index contributed by atoms with van der Waals surface area (Å²) in [5, 5.41) is 0. The number of alkyl halides is 1. The van der Waals surface area contributed by atoms with Crippen LogP contribution in [0.5, 0.6) is 5.75 Å². The van der Waals surface area contributed by atoms with E-state index in [9.17, 15) is 0 Å². The smallest absolute Gasteiger partial charge is 0.123 e. The van der Waals surface area contributed by atoms with Gasteiger partial charge in [-0.2, -0.15) is 0 Å². The van der Waals surface area contributed by atoms with Crippen molar-refractivity contribution >= 4 is 15.9 Å². The predicted molar refractivity (Wildman–Crippen MR) is 76.1 cm³/mol. The fourth-order valence-corrected chi connectivity index (χ4v) is 3.68. The topological polar surface area (TPSA) is 9.23 Å². The monoisotopic (exact) mass is 296 g/mol. The lowest BCUT2D eigenvalue weighted by molar-refractivity contribution is 0.235. The van der Waals surface area contributed by atoms with E-state index in [-0.39, 0.29) is 11.5 Å². The largest absolute Gasteiger partial charge is 0.491 e. The molecule has 1 aromatic rings. The van der Waals surface area contributed by atoms with E-state index in [0.717, 1.165) is 5.75 Å². The summed E-state index contributed by atoms with van der Waals surface area (Å²) >= 11 is 3.75. The number of benzene rings is 1. The lowest BCUT2D eigenvalue weighted by Gasteiger charge is -2.27. The number of para-hydroxylation sites is 1. The summed E-state index contributed by atoms with van der Waals surface area (Å²) in [5.74, 6) is 1.06. The van der Waals surface area contributed by atoms with Gasteiger partial charge in [0.1, 0.15) is 5.75 Å². The average Bonchev–Trinajstić information content (AvgIpc) is 2.59. The Morgan fingerprint density at radius 2 is 2.06 bits per heavy atom. The second kappa shape index (κ2) is 5.01. The Labute approximate surface area is 113 Å². The number of rotatable bonds is 3. The van der Waals surface area contributed by atoms with Crippen molar-refractivity contribution in [2.45, 2.75) is 56.4 Å². The van der Waals surface area contributed by atoms with Gasteiger partial charge in [0, 0.05) is 10.4 Å². The van der Waals surface area contributed by atoms with E-state index in [1.165, 1.54) is 24.8 Å². The number of halogens is 1. The van der Waals surface area contributed by atoms with Crippen LogP contribution in [0, 0.1) is 0 Å². The second-order valence-corrected chi connectivity index (χ2v) is 6.86. The molecule has 0 aliphatic heterocycles. The molecule has 0 N–H and O–H groups in total. The van der Waals surface area contributed by atoms with Crippen LogP contribution in [0.4, 0.5) is 0 Å². The summed E-state index contributed by atoms with van der Waals surface area (Å²) in [6.07, 6.45) is 3.93. The van der Waals surface area contributed by atoms with Gasteiger partial charge in [-0.15, -0.1) is 0 Å². The molecule has 0 radical (unpaired) electrons. The summed E-state index contributed by atoms with van der Waals surface area (Å²) in [6, 6.07) is 8.51. The van der Waals surface area contributed by atoms with Gasteiger partial charge < -0.3 is 4.74 Å². The highest BCUT2D eigenvalue weighted by molar-refractivity contribution is 9.09. The molecular weight excluding hydrogens is 276 g/mol. The first-order valence-electron chi connectivity index (χ1n) is 6.41. The molecule has 0 bridgehead atoms. The van der Waals surface area contributed by atoms with Gasteiger partial charge >= 0.3 is 0 Å². The van der Waals surface area contributed by atoms with Crippen molar-refractivity contribution in [1.82, 2.24) is 0 Å². The summed E-state index contributed by atoms with van der Waals surface area (Å²) in [5.41, 5.74) is 1.63. The zero-order valence-electron chi connectivity index (χ0n) is 10.9. The first-order valence-corrected chi connectivity index (χ1v) is 7.33. The minimum atomic E-state index is 0.237. The van der Waals surface area contributed by atoms with Crippen molar-refractivity contribution in [2.75, 3.05) is 0 Å². The highest BCUT2D eigenvalue weighted by Gasteiger charge is 2.37. The molecule has 0 spiro atoms. The zero-order valence-corrected chi connectivity index (χ0v) is 12.5. The Kier molecular flexibility index (Phi) is 3.82. The third kappa shape index (κ3) is 2.85. The SMILES string of the molecule is CC(C)Oc1ccccc1C1(C)CCC(Br)C1. The molecule has 1 fully saturated rings. The maximum atomic E-state index is 5.94. The molecule has 0 aromatic heterocycles. The molecule has 2 heteroatoms. The number of hydrogen-bond acceptors (Lipinski definition) is 1. The molecule has 94 valence electrons. The van der Waals surface area contributed by atoms with E-state index < -0.39 is 0 Å². The Morgan fingerprint density at radius 1 is 1.35 bits per heavy atom. The van der Waals surface area contributed by atoms with E-state index in [2.05, 4.69) is 61.0 Å². The molecule has 1 nitrogen and oxygen atoms in total. The van der Waals surface area contributed by atoms with E-state index >= 15 is 0 Å². The van der Waals surface area contributed by atoms with Crippen LogP contribution in [0.2, 0.25) is 0 Å². The van der Waals surface area contributed by atoms with Crippen molar-refractivity contribution in [2.24, 2.45) is 0 Å². The van der Waals surface area contributed by atoms with Crippen LogP contribution < -0.4 is 4.74 Å². The lowest BCUT2D eigenvalue weighted by Crippen LogP contribution is -2.20. The molecule has 2 unspecified atom stereocenters. The third-order valence-corrected chi connectivity index (χ3v) is 4.36. The maximum absolute atomic E-state index is 5.94. The highest BCUT2D eigenvalue weighted by Crippen LogP contribution is 2.46. The Balaban J connectivity index is 2.31. The fourth-order valence-electron chi connectivity index (χ4n) is 2.73. The standard InChI is InChI=1S/C15H21BrO/c1-11(2)17-14-7-5-4-6-13(14)15(3)9-8-12(16)10-15/h4-7,11-12H,8-10H2,1-3H3. The molecule has 0 heterocycles. The van der Waals surface area contributed by atoms with Crippen molar-refractivity contribution in [1.29, 1.82) is 0 Å². The van der Waals surface area contributed by atoms with Gasteiger partial charge in [0.2, 0.25) is 0 Å².